The molecule has 2 aliphatic heterocycles. The zero-order valence-corrected chi connectivity index (χ0v) is 11.5. The van der Waals surface area contributed by atoms with Gasteiger partial charge in [0, 0.05) is 32.2 Å². The van der Waals surface area contributed by atoms with E-state index in [1.807, 2.05) is 11.9 Å². The van der Waals surface area contributed by atoms with Crippen molar-refractivity contribution in [1.29, 1.82) is 0 Å². The van der Waals surface area contributed by atoms with Crippen molar-refractivity contribution in [1.82, 2.24) is 15.1 Å². The molecular formula is C13H25N3O2. The summed E-state index contributed by atoms with van der Waals surface area (Å²) in [7, 11) is 2.01. The Bertz CT molecular complexity index is 273. The number of rotatable bonds is 4. The Morgan fingerprint density at radius 1 is 1.50 bits per heavy atom. The number of morpholine rings is 1. The number of ether oxygens (including phenoxy) is 1. The Morgan fingerprint density at radius 2 is 2.22 bits per heavy atom. The van der Waals surface area contributed by atoms with Crippen LogP contribution in [-0.2, 0) is 9.53 Å². The molecule has 0 aromatic heterocycles. The van der Waals surface area contributed by atoms with Crippen LogP contribution in [0.5, 0.6) is 0 Å². The first kappa shape index (κ1) is 13.8. The normalized spacial score (nSPS) is 26.6. The van der Waals surface area contributed by atoms with E-state index in [0.29, 0.717) is 6.54 Å². The first-order valence-corrected chi connectivity index (χ1v) is 6.99. The summed E-state index contributed by atoms with van der Waals surface area (Å²) >= 11 is 0. The van der Waals surface area contributed by atoms with Crippen LogP contribution >= 0.6 is 0 Å². The topological polar surface area (TPSA) is 44.8 Å². The number of hydrogen-bond donors (Lipinski definition) is 1. The Labute approximate surface area is 109 Å². The lowest BCUT2D eigenvalue weighted by Crippen LogP contribution is -2.51. The Balaban J connectivity index is 1.78. The Kier molecular flexibility index (Phi) is 4.97. The van der Waals surface area contributed by atoms with Crippen LogP contribution in [0.3, 0.4) is 0 Å². The quantitative estimate of drug-likeness (QED) is 0.763. The van der Waals surface area contributed by atoms with Gasteiger partial charge in [-0.05, 0) is 26.8 Å². The molecule has 0 bridgehead atoms. The highest BCUT2D eigenvalue weighted by Gasteiger charge is 2.26. The molecular weight excluding hydrogens is 230 g/mol. The highest BCUT2D eigenvalue weighted by molar-refractivity contribution is 5.78. The summed E-state index contributed by atoms with van der Waals surface area (Å²) in [5.74, 6) is 0.255. The summed E-state index contributed by atoms with van der Waals surface area (Å²) in [5.41, 5.74) is 0. The van der Waals surface area contributed by atoms with Crippen LogP contribution in [0.4, 0.5) is 0 Å². The molecule has 0 radical (unpaired) electrons. The van der Waals surface area contributed by atoms with Crippen molar-refractivity contribution in [3.63, 3.8) is 0 Å². The van der Waals surface area contributed by atoms with Gasteiger partial charge >= 0.3 is 0 Å². The lowest BCUT2D eigenvalue weighted by atomic mass is 10.1. The van der Waals surface area contributed by atoms with Gasteiger partial charge in [-0.25, -0.2) is 0 Å². The largest absolute Gasteiger partial charge is 0.374 e. The summed E-state index contributed by atoms with van der Waals surface area (Å²) in [5, 5.41) is 3.33. The molecule has 0 aromatic rings. The summed E-state index contributed by atoms with van der Waals surface area (Å²) < 4.78 is 5.74. The maximum absolute atomic E-state index is 12.1. The van der Waals surface area contributed by atoms with Crippen LogP contribution in [-0.4, -0.2) is 74.2 Å². The van der Waals surface area contributed by atoms with Crippen LogP contribution in [0.25, 0.3) is 0 Å². The van der Waals surface area contributed by atoms with E-state index >= 15 is 0 Å². The molecule has 18 heavy (non-hydrogen) atoms. The maximum Gasteiger partial charge on any atom is 0.236 e. The van der Waals surface area contributed by atoms with Gasteiger partial charge in [-0.1, -0.05) is 0 Å². The molecule has 0 aliphatic carbocycles. The summed E-state index contributed by atoms with van der Waals surface area (Å²) in [4.78, 5) is 16.2. The molecule has 2 aliphatic rings. The molecule has 2 atom stereocenters. The van der Waals surface area contributed by atoms with Crippen LogP contribution in [0.15, 0.2) is 0 Å². The molecule has 2 heterocycles. The van der Waals surface area contributed by atoms with Crippen LogP contribution < -0.4 is 5.32 Å². The van der Waals surface area contributed by atoms with Crippen molar-refractivity contribution >= 4 is 5.91 Å². The van der Waals surface area contributed by atoms with E-state index in [4.69, 9.17) is 4.74 Å². The lowest BCUT2D eigenvalue weighted by molar-refractivity contribution is -0.132. The number of likely N-dealkylation sites (N-methyl/N-ethyl adjacent to an activating group) is 1. The number of carbonyl (C=O) groups excluding carboxylic acids is 1. The number of amides is 1. The highest BCUT2D eigenvalue weighted by Crippen LogP contribution is 2.11. The van der Waals surface area contributed by atoms with E-state index in [0.717, 1.165) is 45.6 Å². The molecule has 1 N–H and O–H groups in total. The SMILES string of the molecule is CC(C1CNCCO1)N(C)CC(=O)N1CCCC1. The fourth-order valence-electron chi connectivity index (χ4n) is 2.60. The van der Waals surface area contributed by atoms with Crippen molar-refractivity contribution in [2.45, 2.75) is 31.9 Å². The second-order valence-corrected chi connectivity index (χ2v) is 5.36. The average Bonchev–Trinajstić information content (AvgIpc) is 2.92. The highest BCUT2D eigenvalue weighted by atomic mass is 16.5. The predicted octanol–water partition coefficient (Wildman–Crippen LogP) is -0.0825. The van der Waals surface area contributed by atoms with Crippen molar-refractivity contribution in [2.75, 3.05) is 46.4 Å². The second-order valence-electron chi connectivity index (χ2n) is 5.36. The molecule has 5 nitrogen and oxygen atoms in total. The molecule has 2 rings (SSSR count). The minimum absolute atomic E-state index is 0.190. The van der Waals surface area contributed by atoms with Gasteiger partial charge in [0.15, 0.2) is 0 Å². The lowest BCUT2D eigenvalue weighted by Gasteiger charge is -2.34. The zero-order valence-electron chi connectivity index (χ0n) is 11.5. The van der Waals surface area contributed by atoms with E-state index in [1.54, 1.807) is 0 Å². The molecule has 104 valence electrons. The summed E-state index contributed by atoms with van der Waals surface area (Å²) in [6, 6.07) is 0.268. The maximum atomic E-state index is 12.1. The van der Waals surface area contributed by atoms with Crippen molar-refractivity contribution in [2.24, 2.45) is 0 Å². The molecule has 0 spiro atoms. The Hall–Kier alpha value is -0.650. The summed E-state index contributed by atoms with van der Waals surface area (Å²) in [6.07, 6.45) is 2.50. The molecule has 0 aromatic carbocycles. The molecule has 2 fully saturated rings. The van der Waals surface area contributed by atoms with Gasteiger partial charge < -0.3 is 15.0 Å². The molecule has 2 saturated heterocycles. The third-order valence-corrected chi connectivity index (χ3v) is 4.03. The number of carbonyl (C=O) groups is 1. The molecule has 1 amide bonds. The minimum atomic E-state index is 0.190. The van der Waals surface area contributed by atoms with Crippen LogP contribution in [0.1, 0.15) is 19.8 Å². The van der Waals surface area contributed by atoms with Gasteiger partial charge in [0.05, 0.1) is 19.3 Å². The zero-order chi connectivity index (χ0) is 13.0. The smallest absolute Gasteiger partial charge is 0.236 e. The van der Waals surface area contributed by atoms with Crippen molar-refractivity contribution in [3.05, 3.63) is 0 Å². The minimum Gasteiger partial charge on any atom is -0.374 e. The number of nitrogens with one attached hydrogen (secondary N) is 1. The monoisotopic (exact) mass is 255 g/mol. The van der Waals surface area contributed by atoms with Gasteiger partial charge in [0.1, 0.15) is 0 Å². The van der Waals surface area contributed by atoms with E-state index in [-0.39, 0.29) is 18.1 Å². The predicted molar refractivity (Wildman–Crippen MR) is 70.5 cm³/mol. The standard InChI is InChI=1S/C13H25N3O2/c1-11(12-9-14-5-8-18-12)15(2)10-13(17)16-6-3-4-7-16/h11-12,14H,3-10H2,1-2H3. The van der Waals surface area contributed by atoms with Crippen LogP contribution in [0.2, 0.25) is 0 Å². The molecule has 0 saturated carbocycles. The first-order chi connectivity index (χ1) is 8.68. The third kappa shape index (κ3) is 3.43. The van der Waals surface area contributed by atoms with E-state index < -0.39 is 0 Å². The third-order valence-electron chi connectivity index (χ3n) is 4.03. The van der Waals surface area contributed by atoms with Gasteiger partial charge in [-0.15, -0.1) is 0 Å². The fourth-order valence-corrected chi connectivity index (χ4v) is 2.60. The fraction of sp³-hybridized carbons (Fsp3) is 0.923. The first-order valence-electron chi connectivity index (χ1n) is 6.99. The van der Waals surface area contributed by atoms with Crippen LogP contribution in [0, 0.1) is 0 Å². The van der Waals surface area contributed by atoms with Gasteiger partial charge in [0.25, 0.3) is 0 Å². The van der Waals surface area contributed by atoms with E-state index in [2.05, 4.69) is 17.1 Å². The average molecular weight is 255 g/mol. The van der Waals surface area contributed by atoms with E-state index in [1.165, 1.54) is 0 Å². The second kappa shape index (κ2) is 6.50. The van der Waals surface area contributed by atoms with E-state index in [9.17, 15) is 4.79 Å². The van der Waals surface area contributed by atoms with Gasteiger partial charge in [-0.2, -0.15) is 0 Å². The number of hydrogen-bond acceptors (Lipinski definition) is 4. The van der Waals surface area contributed by atoms with Crippen molar-refractivity contribution < 1.29 is 9.53 Å². The van der Waals surface area contributed by atoms with Gasteiger partial charge in [0.2, 0.25) is 5.91 Å². The number of likely N-dealkylation sites (tertiary alicyclic amines) is 1. The molecule has 5 heteroatoms. The van der Waals surface area contributed by atoms with Gasteiger partial charge in [-0.3, -0.25) is 9.69 Å². The summed E-state index contributed by atoms with van der Waals surface area (Å²) in [6.45, 7) is 7.08. The Morgan fingerprint density at radius 3 is 2.83 bits per heavy atom. The number of nitrogens with zero attached hydrogens (tertiary/aromatic N) is 2. The molecule has 2 unspecified atom stereocenters. The van der Waals surface area contributed by atoms with Crippen molar-refractivity contribution in [3.8, 4) is 0 Å².